The van der Waals surface area contributed by atoms with E-state index in [0.717, 1.165) is 13.0 Å². The summed E-state index contributed by atoms with van der Waals surface area (Å²) in [6, 6.07) is -0.272. The van der Waals surface area contributed by atoms with Crippen LogP contribution in [0, 0.1) is 12.3 Å². The highest BCUT2D eigenvalue weighted by atomic mass is 32.1. The second kappa shape index (κ2) is 6.87. The number of nitrogens with two attached hydrogens (primary N) is 1. The molecule has 0 saturated heterocycles. The van der Waals surface area contributed by atoms with E-state index in [-0.39, 0.29) is 17.8 Å². The maximum atomic E-state index is 11.9. The highest BCUT2D eigenvalue weighted by Gasteiger charge is 2.17. The summed E-state index contributed by atoms with van der Waals surface area (Å²) in [6.45, 7) is 4.77. The van der Waals surface area contributed by atoms with Crippen LogP contribution in [0.3, 0.4) is 0 Å². The molecule has 5 nitrogen and oxygen atoms in total. The van der Waals surface area contributed by atoms with Crippen molar-refractivity contribution < 1.29 is 4.79 Å². The molecule has 98 valence electrons. The van der Waals surface area contributed by atoms with E-state index in [9.17, 15) is 4.79 Å². The second-order valence-electron chi connectivity index (χ2n) is 3.76. The molecule has 1 amide bonds. The first-order valence-electron chi connectivity index (χ1n) is 5.89. The number of nitrogens with one attached hydrogen (secondary N) is 2. The Kier molecular flexibility index (Phi) is 5.46. The lowest BCUT2D eigenvalue weighted by Gasteiger charge is -2.09. The van der Waals surface area contributed by atoms with E-state index < -0.39 is 0 Å². The Balaban J connectivity index is 2.74. The number of amides is 1. The van der Waals surface area contributed by atoms with Crippen molar-refractivity contribution in [2.24, 2.45) is 0 Å². The molecule has 0 fully saturated rings. The van der Waals surface area contributed by atoms with E-state index in [1.165, 1.54) is 11.3 Å². The van der Waals surface area contributed by atoms with Crippen LogP contribution in [0.25, 0.3) is 0 Å². The third-order valence-corrected chi connectivity index (χ3v) is 3.33. The molecule has 1 rings (SSSR count). The van der Waals surface area contributed by atoms with Crippen molar-refractivity contribution in [2.75, 3.05) is 17.6 Å². The molecule has 18 heavy (non-hydrogen) atoms. The molecule has 1 unspecified atom stereocenters. The molecule has 0 radical (unpaired) electrons. The van der Waals surface area contributed by atoms with Gasteiger partial charge in [0.25, 0.3) is 5.91 Å². The molecule has 0 aliphatic rings. The maximum absolute atomic E-state index is 11.9. The van der Waals surface area contributed by atoms with Crippen LogP contribution in [0.5, 0.6) is 0 Å². The van der Waals surface area contributed by atoms with Gasteiger partial charge >= 0.3 is 0 Å². The van der Waals surface area contributed by atoms with Crippen LogP contribution in [0.1, 0.15) is 36.4 Å². The highest BCUT2D eigenvalue weighted by molar-refractivity contribution is 7.18. The van der Waals surface area contributed by atoms with Crippen LogP contribution in [0.2, 0.25) is 0 Å². The van der Waals surface area contributed by atoms with Crippen molar-refractivity contribution in [2.45, 2.75) is 32.7 Å². The maximum Gasteiger partial charge on any atom is 0.266 e. The van der Waals surface area contributed by atoms with Crippen molar-refractivity contribution in [3.05, 3.63) is 4.88 Å². The molecule has 1 aromatic heterocycles. The van der Waals surface area contributed by atoms with Gasteiger partial charge in [-0.05, 0) is 12.8 Å². The number of aromatic nitrogens is 1. The molecule has 0 bridgehead atoms. The van der Waals surface area contributed by atoms with Gasteiger partial charge in [0.1, 0.15) is 10.7 Å². The molecule has 1 heterocycles. The van der Waals surface area contributed by atoms with Gasteiger partial charge in [-0.3, -0.25) is 4.79 Å². The van der Waals surface area contributed by atoms with Crippen LogP contribution < -0.4 is 16.4 Å². The fourth-order valence-electron chi connectivity index (χ4n) is 1.29. The van der Waals surface area contributed by atoms with Gasteiger partial charge in [0.2, 0.25) is 0 Å². The van der Waals surface area contributed by atoms with Gasteiger partial charge in [0.05, 0.1) is 6.04 Å². The number of nitrogen functional groups attached to an aromatic ring is 1. The van der Waals surface area contributed by atoms with Crippen molar-refractivity contribution in [3.63, 3.8) is 0 Å². The number of terminal acetylenes is 1. The Labute approximate surface area is 111 Å². The summed E-state index contributed by atoms with van der Waals surface area (Å²) in [7, 11) is 0. The third-order valence-electron chi connectivity index (χ3n) is 2.30. The zero-order valence-electron chi connectivity index (χ0n) is 10.6. The minimum absolute atomic E-state index is 0.239. The molecule has 0 aliphatic carbocycles. The number of hydrogen-bond acceptors (Lipinski definition) is 5. The summed E-state index contributed by atoms with van der Waals surface area (Å²) in [5.74, 6) is 2.48. The molecular formula is C12H18N4OS. The summed E-state index contributed by atoms with van der Waals surface area (Å²) in [5, 5.41) is 6.49. The quantitative estimate of drug-likeness (QED) is 0.684. The number of carbonyl (C=O) groups excluding carboxylic acids is 1. The van der Waals surface area contributed by atoms with E-state index in [0.29, 0.717) is 16.4 Å². The summed E-state index contributed by atoms with van der Waals surface area (Å²) in [4.78, 5) is 16.4. The minimum Gasteiger partial charge on any atom is -0.382 e. The normalized spacial score (nSPS) is 11.6. The topological polar surface area (TPSA) is 80.0 Å². The fourth-order valence-corrected chi connectivity index (χ4v) is 2.10. The van der Waals surface area contributed by atoms with Crippen molar-refractivity contribution in [1.82, 2.24) is 10.3 Å². The Bertz CT molecular complexity index is 449. The molecule has 1 aromatic rings. The molecule has 1 atom stereocenters. The highest BCUT2D eigenvalue weighted by Crippen LogP contribution is 2.24. The van der Waals surface area contributed by atoms with Crippen LogP contribution >= 0.6 is 11.3 Å². The molecule has 4 N–H and O–H groups in total. The van der Waals surface area contributed by atoms with Crippen LogP contribution in [-0.2, 0) is 0 Å². The van der Waals surface area contributed by atoms with Gasteiger partial charge in [0, 0.05) is 6.54 Å². The zero-order chi connectivity index (χ0) is 13.5. The van der Waals surface area contributed by atoms with E-state index in [4.69, 9.17) is 12.2 Å². The molecule has 6 heteroatoms. The van der Waals surface area contributed by atoms with Crippen LogP contribution in [0.4, 0.5) is 10.9 Å². The molecule has 0 aromatic carbocycles. The number of thiazole rings is 1. The summed E-state index contributed by atoms with van der Waals surface area (Å²) < 4.78 is 0. The van der Waals surface area contributed by atoms with E-state index in [1.54, 1.807) is 0 Å². The van der Waals surface area contributed by atoms with E-state index in [1.807, 2.05) is 6.92 Å². The Morgan fingerprint density at radius 2 is 2.33 bits per heavy atom. The van der Waals surface area contributed by atoms with Gasteiger partial charge < -0.3 is 16.4 Å². The first-order chi connectivity index (χ1) is 8.62. The standard InChI is InChI=1S/C12H18N4OS/c1-4-7-14-12-16-10(13)9(18-12)11(17)15-8(5-2)6-3/h2,8H,4,6-7,13H2,1,3H3,(H,14,16)(H,15,17). The third kappa shape index (κ3) is 3.64. The summed E-state index contributed by atoms with van der Waals surface area (Å²) in [6.07, 6.45) is 6.96. The monoisotopic (exact) mass is 266 g/mol. The smallest absolute Gasteiger partial charge is 0.266 e. The fraction of sp³-hybridized carbons (Fsp3) is 0.500. The molecular weight excluding hydrogens is 248 g/mol. The Morgan fingerprint density at radius 1 is 1.61 bits per heavy atom. The molecule has 0 aliphatic heterocycles. The predicted octanol–water partition coefficient (Wildman–Crippen LogP) is 1.69. The number of anilines is 2. The molecule has 0 saturated carbocycles. The predicted molar refractivity (Wildman–Crippen MR) is 75.7 cm³/mol. The van der Waals surface area contributed by atoms with Gasteiger partial charge in [-0.25, -0.2) is 4.98 Å². The second-order valence-corrected chi connectivity index (χ2v) is 4.76. The average Bonchev–Trinajstić information content (AvgIpc) is 2.74. The van der Waals surface area contributed by atoms with Crippen molar-refractivity contribution in [1.29, 1.82) is 0 Å². The Morgan fingerprint density at radius 3 is 2.89 bits per heavy atom. The first kappa shape index (κ1) is 14.3. The van der Waals surface area contributed by atoms with Gasteiger partial charge in [-0.15, -0.1) is 6.42 Å². The lowest BCUT2D eigenvalue weighted by atomic mass is 10.2. The van der Waals surface area contributed by atoms with Gasteiger partial charge in [-0.2, -0.15) is 0 Å². The average molecular weight is 266 g/mol. The zero-order valence-corrected chi connectivity index (χ0v) is 11.4. The van der Waals surface area contributed by atoms with Crippen molar-refractivity contribution >= 4 is 28.2 Å². The number of hydrogen-bond donors (Lipinski definition) is 3. The number of nitrogens with zero attached hydrogens (tertiary/aromatic N) is 1. The van der Waals surface area contributed by atoms with E-state index >= 15 is 0 Å². The van der Waals surface area contributed by atoms with Crippen molar-refractivity contribution in [3.8, 4) is 12.3 Å². The van der Waals surface area contributed by atoms with Crippen LogP contribution in [-0.4, -0.2) is 23.5 Å². The minimum atomic E-state index is -0.272. The number of carbonyl (C=O) groups is 1. The van der Waals surface area contributed by atoms with Gasteiger partial charge in [-0.1, -0.05) is 31.1 Å². The van der Waals surface area contributed by atoms with E-state index in [2.05, 4.69) is 28.5 Å². The lowest BCUT2D eigenvalue weighted by Crippen LogP contribution is -2.33. The summed E-state index contributed by atoms with van der Waals surface area (Å²) >= 11 is 1.24. The van der Waals surface area contributed by atoms with Crippen LogP contribution in [0.15, 0.2) is 0 Å². The Hall–Kier alpha value is -1.74. The summed E-state index contributed by atoms with van der Waals surface area (Å²) in [5.41, 5.74) is 5.72. The SMILES string of the molecule is C#CC(CC)NC(=O)c1sc(NCCC)nc1N. The van der Waals surface area contributed by atoms with Gasteiger partial charge in [0.15, 0.2) is 5.13 Å². The molecule has 0 spiro atoms. The lowest BCUT2D eigenvalue weighted by molar-refractivity contribution is 0.0950. The largest absolute Gasteiger partial charge is 0.382 e. The number of rotatable bonds is 6. The first-order valence-corrected chi connectivity index (χ1v) is 6.71.